The van der Waals surface area contributed by atoms with Crippen LogP contribution >= 0.6 is 11.6 Å². The Kier molecular flexibility index (Phi) is 3.76. The van der Waals surface area contributed by atoms with Crippen molar-refractivity contribution in [2.45, 2.75) is 32.7 Å². The summed E-state index contributed by atoms with van der Waals surface area (Å²) in [6.45, 7) is 5.04. The van der Waals surface area contributed by atoms with E-state index in [1.165, 1.54) is 6.20 Å². The van der Waals surface area contributed by atoms with E-state index in [-0.39, 0.29) is 11.9 Å². The van der Waals surface area contributed by atoms with E-state index in [0.717, 1.165) is 19.4 Å². The van der Waals surface area contributed by atoms with Crippen molar-refractivity contribution in [3.63, 3.8) is 0 Å². The molecule has 5 heteroatoms. The second-order valence-corrected chi connectivity index (χ2v) is 5.35. The molecule has 1 saturated heterocycles. The lowest BCUT2D eigenvalue weighted by molar-refractivity contribution is 0.0551. The van der Waals surface area contributed by atoms with Crippen LogP contribution in [-0.2, 0) is 0 Å². The number of piperidine rings is 1. The van der Waals surface area contributed by atoms with Crippen LogP contribution in [0, 0.1) is 5.92 Å². The molecule has 2 atom stereocenters. The number of nitrogens with two attached hydrogens (primary N) is 1. The largest absolute Gasteiger partial charge is 0.384 e. The van der Waals surface area contributed by atoms with Crippen LogP contribution in [0.15, 0.2) is 12.3 Å². The predicted octanol–water partition coefficient (Wildman–Crippen LogP) is 2.58. The van der Waals surface area contributed by atoms with Crippen molar-refractivity contribution in [3.05, 3.63) is 22.8 Å². The molecule has 0 bridgehead atoms. The zero-order chi connectivity index (χ0) is 13.3. The first-order chi connectivity index (χ1) is 8.50. The fourth-order valence-corrected chi connectivity index (χ4v) is 2.58. The number of hydrogen-bond acceptors (Lipinski definition) is 3. The van der Waals surface area contributed by atoms with E-state index >= 15 is 0 Å². The normalized spacial score (nSPS) is 24.1. The van der Waals surface area contributed by atoms with Gasteiger partial charge in [-0.05, 0) is 31.7 Å². The van der Waals surface area contributed by atoms with Crippen molar-refractivity contribution in [1.82, 2.24) is 9.88 Å². The molecule has 1 aromatic heterocycles. The molecule has 1 fully saturated rings. The van der Waals surface area contributed by atoms with Gasteiger partial charge in [-0.15, -0.1) is 0 Å². The summed E-state index contributed by atoms with van der Waals surface area (Å²) in [7, 11) is 0. The molecule has 0 saturated carbocycles. The van der Waals surface area contributed by atoms with E-state index in [9.17, 15) is 4.79 Å². The van der Waals surface area contributed by atoms with E-state index in [1.54, 1.807) is 6.07 Å². The molecule has 0 radical (unpaired) electrons. The SMILES string of the molecule is CC1CCCN(C(=O)c2cc(N)ncc2Cl)C1C. The minimum atomic E-state index is -0.0480. The summed E-state index contributed by atoms with van der Waals surface area (Å²) in [4.78, 5) is 18.2. The van der Waals surface area contributed by atoms with Crippen LogP contribution in [0.25, 0.3) is 0 Å². The maximum Gasteiger partial charge on any atom is 0.255 e. The smallest absolute Gasteiger partial charge is 0.255 e. The first-order valence-electron chi connectivity index (χ1n) is 6.22. The molecule has 1 aliphatic rings. The van der Waals surface area contributed by atoms with Crippen LogP contribution in [0.3, 0.4) is 0 Å². The van der Waals surface area contributed by atoms with E-state index in [4.69, 9.17) is 17.3 Å². The molecule has 2 heterocycles. The molecule has 4 nitrogen and oxygen atoms in total. The third kappa shape index (κ3) is 2.43. The number of likely N-dealkylation sites (tertiary alicyclic amines) is 1. The van der Waals surface area contributed by atoms with Gasteiger partial charge in [0.25, 0.3) is 5.91 Å². The fourth-order valence-electron chi connectivity index (χ4n) is 2.40. The van der Waals surface area contributed by atoms with Crippen LogP contribution in [0.4, 0.5) is 5.82 Å². The van der Waals surface area contributed by atoms with Crippen molar-refractivity contribution in [3.8, 4) is 0 Å². The van der Waals surface area contributed by atoms with Gasteiger partial charge in [0, 0.05) is 18.8 Å². The van der Waals surface area contributed by atoms with E-state index in [0.29, 0.717) is 22.3 Å². The minimum absolute atomic E-state index is 0.0480. The number of halogens is 1. The number of nitrogens with zero attached hydrogens (tertiary/aromatic N) is 2. The summed E-state index contributed by atoms with van der Waals surface area (Å²) in [5.41, 5.74) is 6.07. The molecule has 98 valence electrons. The Morgan fingerprint density at radius 3 is 3.00 bits per heavy atom. The Balaban J connectivity index is 2.27. The molecule has 2 N–H and O–H groups in total. The van der Waals surface area contributed by atoms with Gasteiger partial charge in [-0.1, -0.05) is 18.5 Å². The molecule has 1 amide bonds. The Bertz CT molecular complexity index is 464. The highest BCUT2D eigenvalue weighted by Gasteiger charge is 2.30. The molecular formula is C13H18ClN3O. The minimum Gasteiger partial charge on any atom is -0.384 e. The number of carbonyl (C=O) groups excluding carboxylic acids is 1. The first-order valence-corrected chi connectivity index (χ1v) is 6.60. The Morgan fingerprint density at radius 2 is 2.28 bits per heavy atom. The molecular weight excluding hydrogens is 250 g/mol. The molecule has 0 spiro atoms. The standard InChI is InChI=1S/C13H18ClN3O/c1-8-4-3-5-17(9(8)2)13(18)10-6-12(15)16-7-11(10)14/h6-9H,3-5H2,1-2H3,(H2,15,16). The zero-order valence-corrected chi connectivity index (χ0v) is 11.4. The maximum atomic E-state index is 12.5. The average molecular weight is 268 g/mol. The first kappa shape index (κ1) is 13.1. The Hall–Kier alpha value is -1.29. The third-order valence-electron chi connectivity index (χ3n) is 3.74. The highest BCUT2D eigenvalue weighted by atomic mass is 35.5. The summed E-state index contributed by atoms with van der Waals surface area (Å²) >= 11 is 6.03. The van der Waals surface area contributed by atoms with Crippen LogP contribution in [-0.4, -0.2) is 28.4 Å². The fraction of sp³-hybridized carbons (Fsp3) is 0.538. The monoisotopic (exact) mass is 267 g/mol. The van der Waals surface area contributed by atoms with Gasteiger partial charge in [0.05, 0.1) is 10.6 Å². The molecule has 2 unspecified atom stereocenters. The molecule has 1 aromatic rings. The number of amides is 1. The summed E-state index contributed by atoms with van der Waals surface area (Å²) in [6, 6.07) is 1.79. The molecule has 1 aliphatic heterocycles. The second kappa shape index (κ2) is 5.14. The summed E-state index contributed by atoms with van der Waals surface area (Å²) < 4.78 is 0. The molecule has 18 heavy (non-hydrogen) atoms. The lowest BCUT2D eigenvalue weighted by Gasteiger charge is -2.38. The van der Waals surface area contributed by atoms with Gasteiger partial charge in [-0.3, -0.25) is 4.79 Å². The summed E-state index contributed by atoms with van der Waals surface area (Å²) in [6.07, 6.45) is 3.63. The van der Waals surface area contributed by atoms with Gasteiger partial charge in [0.2, 0.25) is 0 Å². The van der Waals surface area contributed by atoms with Crippen LogP contribution in [0.2, 0.25) is 5.02 Å². The highest BCUT2D eigenvalue weighted by Crippen LogP contribution is 2.26. The number of aromatic nitrogens is 1. The van der Waals surface area contributed by atoms with Gasteiger partial charge in [-0.25, -0.2) is 4.98 Å². The van der Waals surface area contributed by atoms with Gasteiger partial charge in [-0.2, -0.15) is 0 Å². The lowest BCUT2D eigenvalue weighted by Crippen LogP contribution is -2.46. The Labute approximate surface area is 112 Å². The van der Waals surface area contributed by atoms with Crippen molar-refractivity contribution >= 4 is 23.3 Å². The number of rotatable bonds is 1. The predicted molar refractivity (Wildman–Crippen MR) is 72.6 cm³/mol. The van der Waals surface area contributed by atoms with Crippen LogP contribution < -0.4 is 5.73 Å². The quantitative estimate of drug-likeness (QED) is 0.851. The third-order valence-corrected chi connectivity index (χ3v) is 4.04. The number of carbonyl (C=O) groups is 1. The van der Waals surface area contributed by atoms with Crippen LogP contribution in [0.1, 0.15) is 37.0 Å². The van der Waals surface area contributed by atoms with Gasteiger partial charge in [0.15, 0.2) is 0 Å². The van der Waals surface area contributed by atoms with Gasteiger partial charge >= 0.3 is 0 Å². The number of anilines is 1. The highest BCUT2D eigenvalue weighted by molar-refractivity contribution is 6.33. The van der Waals surface area contributed by atoms with Gasteiger partial charge < -0.3 is 10.6 Å². The van der Waals surface area contributed by atoms with Crippen LogP contribution in [0.5, 0.6) is 0 Å². The number of hydrogen-bond donors (Lipinski definition) is 1. The van der Waals surface area contributed by atoms with Crippen molar-refractivity contribution in [2.75, 3.05) is 12.3 Å². The topological polar surface area (TPSA) is 59.2 Å². The van der Waals surface area contributed by atoms with E-state index in [2.05, 4.69) is 18.8 Å². The molecule has 2 rings (SSSR count). The molecule has 0 aliphatic carbocycles. The van der Waals surface area contributed by atoms with Gasteiger partial charge in [0.1, 0.15) is 5.82 Å². The van der Waals surface area contributed by atoms with E-state index in [1.807, 2.05) is 4.90 Å². The second-order valence-electron chi connectivity index (χ2n) is 4.95. The Morgan fingerprint density at radius 1 is 1.56 bits per heavy atom. The van der Waals surface area contributed by atoms with Crippen molar-refractivity contribution in [1.29, 1.82) is 0 Å². The zero-order valence-electron chi connectivity index (χ0n) is 10.7. The maximum absolute atomic E-state index is 12.5. The van der Waals surface area contributed by atoms with Crippen molar-refractivity contribution in [2.24, 2.45) is 5.92 Å². The summed E-state index contributed by atoms with van der Waals surface area (Å²) in [5.74, 6) is 0.786. The summed E-state index contributed by atoms with van der Waals surface area (Å²) in [5, 5.41) is 0.361. The number of pyridine rings is 1. The van der Waals surface area contributed by atoms with Crippen molar-refractivity contribution < 1.29 is 4.79 Å². The lowest BCUT2D eigenvalue weighted by atomic mass is 9.91. The number of nitrogen functional groups attached to an aromatic ring is 1. The average Bonchev–Trinajstić information content (AvgIpc) is 2.35. The van der Waals surface area contributed by atoms with E-state index < -0.39 is 0 Å². The molecule has 0 aromatic carbocycles.